The Balaban J connectivity index is 2.26. The van der Waals surface area contributed by atoms with Gasteiger partial charge in [0.2, 0.25) is 10.0 Å². The average Bonchev–Trinajstić information content (AvgIpc) is 2.61. The zero-order chi connectivity index (χ0) is 18.3. The van der Waals surface area contributed by atoms with Gasteiger partial charge in [-0.25, -0.2) is 8.42 Å². The maximum atomic E-state index is 12.9. The van der Waals surface area contributed by atoms with Crippen LogP contribution in [-0.4, -0.2) is 33.4 Å². The minimum Gasteiger partial charge on any atom is -0.493 e. The molecule has 0 bridgehead atoms. The number of nitrogens with one attached hydrogen (secondary N) is 1. The molecule has 0 amide bonds. The summed E-state index contributed by atoms with van der Waals surface area (Å²) in [5.74, 6) is 0.723. The Labute approximate surface area is 150 Å². The first-order chi connectivity index (χ1) is 12.0. The molecule has 25 heavy (non-hydrogen) atoms. The highest BCUT2D eigenvalue weighted by Gasteiger charge is 2.22. The van der Waals surface area contributed by atoms with Gasteiger partial charge in [0.05, 0.1) is 11.5 Å². The number of benzene rings is 2. The molecule has 0 saturated heterocycles. The fourth-order valence-corrected chi connectivity index (χ4v) is 3.71. The van der Waals surface area contributed by atoms with Crippen LogP contribution in [0, 0.1) is 0 Å². The molecule has 0 atom stereocenters. The van der Waals surface area contributed by atoms with Gasteiger partial charge >= 0.3 is 0 Å². The van der Waals surface area contributed by atoms with E-state index < -0.39 is 10.0 Å². The second kappa shape index (κ2) is 8.99. The molecule has 0 fully saturated rings. The number of sulfonamides is 1. The molecule has 0 aliphatic rings. The zero-order valence-electron chi connectivity index (χ0n) is 15.0. The van der Waals surface area contributed by atoms with Crippen LogP contribution in [0.5, 0.6) is 5.75 Å². The molecule has 5 nitrogen and oxygen atoms in total. The lowest BCUT2D eigenvalue weighted by atomic mass is 10.2. The third kappa shape index (κ3) is 5.04. The summed E-state index contributed by atoms with van der Waals surface area (Å²) in [7, 11) is -0.141. The van der Waals surface area contributed by atoms with E-state index in [0.717, 1.165) is 23.3 Å². The molecule has 2 aromatic carbocycles. The Morgan fingerprint density at radius 2 is 1.84 bits per heavy atom. The van der Waals surface area contributed by atoms with Crippen molar-refractivity contribution >= 4 is 10.0 Å². The molecule has 0 aromatic heterocycles. The lowest BCUT2D eigenvalue weighted by Crippen LogP contribution is -2.26. The van der Waals surface area contributed by atoms with E-state index in [0.29, 0.717) is 19.7 Å². The molecular weight excluding hydrogens is 336 g/mol. The summed E-state index contributed by atoms with van der Waals surface area (Å²) in [6.45, 7) is 3.52. The average molecular weight is 362 g/mol. The Morgan fingerprint density at radius 1 is 1.12 bits per heavy atom. The van der Waals surface area contributed by atoms with E-state index in [1.54, 1.807) is 25.2 Å². The minimum atomic E-state index is -3.57. The van der Waals surface area contributed by atoms with Crippen molar-refractivity contribution in [1.29, 1.82) is 0 Å². The molecule has 0 unspecified atom stereocenters. The van der Waals surface area contributed by atoms with E-state index >= 15 is 0 Å². The fraction of sp³-hybridized carbons (Fsp3) is 0.368. The van der Waals surface area contributed by atoms with Crippen LogP contribution in [0.4, 0.5) is 0 Å². The van der Waals surface area contributed by atoms with Crippen molar-refractivity contribution in [3.05, 3.63) is 59.7 Å². The van der Waals surface area contributed by atoms with Crippen LogP contribution >= 0.6 is 0 Å². The number of ether oxygens (including phenoxy) is 1. The van der Waals surface area contributed by atoms with Crippen molar-refractivity contribution in [2.45, 2.75) is 31.3 Å². The predicted molar refractivity (Wildman–Crippen MR) is 100 cm³/mol. The summed E-state index contributed by atoms with van der Waals surface area (Å²) in [5.41, 5.74) is 1.79. The fourth-order valence-electron chi connectivity index (χ4n) is 2.50. The van der Waals surface area contributed by atoms with Crippen molar-refractivity contribution in [1.82, 2.24) is 9.62 Å². The Morgan fingerprint density at radius 3 is 2.48 bits per heavy atom. The SMILES string of the molecule is CCCOc1ccc(S(=O)(=O)N(C)Cc2ccccc2)cc1CNC. The first-order valence-corrected chi connectivity index (χ1v) is 9.83. The smallest absolute Gasteiger partial charge is 0.243 e. The van der Waals surface area contributed by atoms with E-state index in [9.17, 15) is 8.42 Å². The topological polar surface area (TPSA) is 58.6 Å². The van der Waals surface area contributed by atoms with Gasteiger partial charge < -0.3 is 10.1 Å². The van der Waals surface area contributed by atoms with Crippen LogP contribution < -0.4 is 10.1 Å². The number of rotatable bonds is 9. The van der Waals surface area contributed by atoms with Gasteiger partial charge in [-0.05, 0) is 37.2 Å². The Hall–Kier alpha value is -1.89. The van der Waals surface area contributed by atoms with Crippen molar-refractivity contribution in [2.75, 3.05) is 20.7 Å². The van der Waals surface area contributed by atoms with Gasteiger partial charge in [0, 0.05) is 25.7 Å². The summed E-state index contributed by atoms with van der Waals surface area (Å²) in [5, 5.41) is 3.06. The molecule has 6 heteroatoms. The number of hydrogen-bond donors (Lipinski definition) is 1. The van der Waals surface area contributed by atoms with Crippen molar-refractivity contribution in [2.24, 2.45) is 0 Å². The highest BCUT2D eigenvalue weighted by Crippen LogP contribution is 2.25. The van der Waals surface area contributed by atoms with Gasteiger partial charge in [-0.1, -0.05) is 37.3 Å². The molecule has 0 heterocycles. The van der Waals surface area contributed by atoms with Crippen molar-refractivity contribution in [3.63, 3.8) is 0 Å². The second-order valence-corrected chi connectivity index (χ2v) is 7.94. The lowest BCUT2D eigenvalue weighted by Gasteiger charge is -2.19. The van der Waals surface area contributed by atoms with E-state index in [4.69, 9.17) is 4.74 Å². The lowest BCUT2D eigenvalue weighted by molar-refractivity contribution is 0.313. The third-order valence-corrected chi connectivity index (χ3v) is 5.62. The number of nitrogens with zero attached hydrogens (tertiary/aromatic N) is 1. The zero-order valence-corrected chi connectivity index (χ0v) is 15.8. The maximum absolute atomic E-state index is 12.9. The summed E-state index contributed by atoms with van der Waals surface area (Å²) < 4.78 is 32.8. The van der Waals surface area contributed by atoms with Crippen LogP contribution in [-0.2, 0) is 23.1 Å². The van der Waals surface area contributed by atoms with E-state index in [1.165, 1.54) is 4.31 Å². The van der Waals surface area contributed by atoms with E-state index in [-0.39, 0.29) is 4.90 Å². The van der Waals surface area contributed by atoms with Crippen molar-refractivity contribution < 1.29 is 13.2 Å². The molecule has 0 aliphatic heterocycles. The third-order valence-electron chi connectivity index (χ3n) is 3.82. The summed E-state index contributed by atoms with van der Waals surface area (Å²) in [6.07, 6.45) is 0.902. The monoisotopic (exact) mass is 362 g/mol. The summed E-state index contributed by atoms with van der Waals surface area (Å²) in [4.78, 5) is 0.278. The summed E-state index contributed by atoms with van der Waals surface area (Å²) >= 11 is 0. The highest BCUT2D eigenvalue weighted by molar-refractivity contribution is 7.89. The second-order valence-electron chi connectivity index (χ2n) is 5.90. The van der Waals surface area contributed by atoms with Gasteiger partial charge in [-0.15, -0.1) is 0 Å². The van der Waals surface area contributed by atoms with Gasteiger partial charge in [0.1, 0.15) is 5.75 Å². The van der Waals surface area contributed by atoms with E-state index in [1.807, 2.05) is 44.3 Å². The summed E-state index contributed by atoms with van der Waals surface area (Å²) in [6, 6.07) is 14.6. The van der Waals surface area contributed by atoms with Gasteiger partial charge in [-0.2, -0.15) is 4.31 Å². The molecule has 2 aromatic rings. The van der Waals surface area contributed by atoms with Crippen molar-refractivity contribution in [3.8, 4) is 5.75 Å². The van der Waals surface area contributed by atoms with Crippen LogP contribution in [0.25, 0.3) is 0 Å². The number of hydrogen-bond acceptors (Lipinski definition) is 4. The quantitative estimate of drug-likeness (QED) is 0.745. The van der Waals surface area contributed by atoms with Crippen LogP contribution in [0.2, 0.25) is 0 Å². The molecule has 136 valence electrons. The normalized spacial score (nSPS) is 11.7. The molecular formula is C19H26N2O3S. The molecule has 1 N–H and O–H groups in total. The minimum absolute atomic E-state index is 0.278. The molecule has 0 saturated carbocycles. The highest BCUT2D eigenvalue weighted by atomic mass is 32.2. The molecule has 2 rings (SSSR count). The Kier molecular flexibility index (Phi) is 6.99. The Bertz CT molecular complexity index is 777. The van der Waals surface area contributed by atoms with E-state index in [2.05, 4.69) is 5.32 Å². The van der Waals surface area contributed by atoms with Crippen LogP contribution in [0.3, 0.4) is 0 Å². The predicted octanol–water partition coefficient (Wildman–Crippen LogP) is 3.02. The van der Waals surface area contributed by atoms with Crippen LogP contribution in [0.15, 0.2) is 53.4 Å². The maximum Gasteiger partial charge on any atom is 0.243 e. The van der Waals surface area contributed by atoms with Gasteiger partial charge in [0.25, 0.3) is 0 Å². The first-order valence-electron chi connectivity index (χ1n) is 8.39. The first kappa shape index (κ1) is 19.4. The van der Waals surface area contributed by atoms with Gasteiger partial charge in [0.15, 0.2) is 0 Å². The molecule has 0 aliphatic carbocycles. The molecule has 0 radical (unpaired) electrons. The standard InChI is InChI=1S/C19H26N2O3S/c1-4-12-24-19-11-10-18(13-17(19)14-20-2)25(22,23)21(3)15-16-8-6-5-7-9-16/h5-11,13,20H,4,12,14-15H2,1-3H3. The molecule has 0 spiro atoms. The van der Waals surface area contributed by atoms with Crippen LogP contribution in [0.1, 0.15) is 24.5 Å². The largest absolute Gasteiger partial charge is 0.493 e. The van der Waals surface area contributed by atoms with Gasteiger partial charge in [-0.3, -0.25) is 0 Å².